The molecule has 156 valence electrons. The number of carbonyl (C=O) groups excluding carboxylic acids is 1. The van der Waals surface area contributed by atoms with Crippen molar-refractivity contribution in [2.45, 2.75) is 51.4 Å². The molecule has 0 aromatic heterocycles. The van der Waals surface area contributed by atoms with Crippen LogP contribution in [-0.2, 0) is 30.5 Å². The van der Waals surface area contributed by atoms with Crippen LogP contribution in [-0.4, -0.2) is 5.91 Å². The average Bonchev–Trinajstić information content (AvgIpc) is 2.78. The molecule has 0 heterocycles. The molecule has 3 aromatic carbocycles. The van der Waals surface area contributed by atoms with Gasteiger partial charge in [0.25, 0.3) is 0 Å². The van der Waals surface area contributed by atoms with E-state index >= 15 is 0 Å². The fourth-order valence-corrected chi connectivity index (χ4v) is 3.98. The van der Waals surface area contributed by atoms with Crippen LogP contribution in [0.5, 0.6) is 0 Å². The number of hydrogen-bond acceptors (Lipinski definition) is 1. The van der Waals surface area contributed by atoms with Gasteiger partial charge in [0, 0.05) is 5.92 Å². The first-order valence-electron chi connectivity index (χ1n) is 11.2. The van der Waals surface area contributed by atoms with E-state index in [9.17, 15) is 4.79 Å². The first-order chi connectivity index (χ1) is 14.7. The molecule has 30 heavy (non-hydrogen) atoms. The number of hydrogen-bond donors (Lipinski definition) is 1. The van der Waals surface area contributed by atoms with E-state index < -0.39 is 0 Å². The Hall–Kier alpha value is -2.87. The summed E-state index contributed by atoms with van der Waals surface area (Å²) in [6, 6.07) is 30.0. The van der Waals surface area contributed by atoms with E-state index in [1.54, 1.807) is 0 Å². The van der Waals surface area contributed by atoms with Crippen molar-refractivity contribution < 1.29 is 4.79 Å². The van der Waals surface area contributed by atoms with Gasteiger partial charge in [0.05, 0.1) is 0 Å². The van der Waals surface area contributed by atoms with Gasteiger partial charge in [-0.05, 0) is 73.6 Å². The minimum Gasteiger partial charge on any atom is -0.369 e. The van der Waals surface area contributed by atoms with Gasteiger partial charge in [-0.1, -0.05) is 84.9 Å². The molecule has 0 aliphatic carbocycles. The number of primary amides is 1. The van der Waals surface area contributed by atoms with Crippen LogP contribution in [0.2, 0.25) is 0 Å². The van der Waals surface area contributed by atoms with Crippen LogP contribution in [0.4, 0.5) is 0 Å². The van der Waals surface area contributed by atoms with Crippen molar-refractivity contribution in [2.75, 3.05) is 0 Å². The highest BCUT2D eigenvalue weighted by Gasteiger charge is 2.15. The van der Waals surface area contributed by atoms with E-state index in [4.69, 9.17) is 5.73 Å². The molecule has 2 heteroatoms. The van der Waals surface area contributed by atoms with Crippen LogP contribution in [0.15, 0.2) is 84.9 Å². The van der Waals surface area contributed by atoms with Gasteiger partial charge in [-0.15, -0.1) is 0 Å². The Labute approximate surface area is 181 Å². The van der Waals surface area contributed by atoms with Crippen LogP contribution in [0, 0.1) is 5.92 Å². The van der Waals surface area contributed by atoms with Gasteiger partial charge < -0.3 is 5.73 Å². The minimum atomic E-state index is -0.166. The van der Waals surface area contributed by atoms with Crippen LogP contribution in [0.1, 0.15) is 47.9 Å². The van der Waals surface area contributed by atoms with E-state index in [1.165, 1.54) is 22.3 Å². The lowest BCUT2D eigenvalue weighted by Gasteiger charge is -2.13. The summed E-state index contributed by atoms with van der Waals surface area (Å²) in [6.07, 6.45) is 7.97. The first kappa shape index (κ1) is 21.8. The van der Waals surface area contributed by atoms with Gasteiger partial charge in [-0.2, -0.15) is 0 Å². The molecule has 2 N–H and O–H groups in total. The maximum absolute atomic E-state index is 11.9. The third-order valence-corrected chi connectivity index (χ3v) is 5.84. The van der Waals surface area contributed by atoms with Crippen LogP contribution >= 0.6 is 0 Å². The van der Waals surface area contributed by atoms with E-state index in [0.29, 0.717) is 0 Å². The molecule has 2 nitrogen and oxygen atoms in total. The molecular formula is C28H33NO. The molecule has 0 saturated carbocycles. The summed E-state index contributed by atoms with van der Waals surface area (Å²) in [6.45, 7) is 0. The fraction of sp³-hybridized carbons (Fsp3) is 0.321. The van der Waals surface area contributed by atoms with Crippen molar-refractivity contribution in [3.05, 3.63) is 107 Å². The fourth-order valence-electron chi connectivity index (χ4n) is 3.98. The lowest BCUT2D eigenvalue weighted by atomic mass is 9.92. The Kier molecular flexibility index (Phi) is 8.71. The van der Waals surface area contributed by atoms with Crippen LogP contribution < -0.4 is 5.73 Å². The SMILES string of the molecule is NC(=O)C(CCCc1ccccc1)CCc1ccc(CCCc2ccccc2)cc1. The van der Waals surface area contributed by atoms with E-state index in [2.05, 4.69) is 78.9 Å². The summed E-state index contributed by atoms with van der Waals surface area (Å²) < 4.78 is 0. The Morgan fingerprint density at radius 3 is 1.50 bits per heavy atom. The van der Waals surface area contributed by atoms with Gasteiger partial charge in [-0.3, -0.25) is 4.79 Å². The highest BCUT2D eigenvalue weighted by molar-refractivity contribution is 5.76. The molecule has 0 bridgehead atoms. The molecule has 0 aliphatic rings. The summed E-state index contributed by atoms with van der Waals surface area (Å²) in [7, 11) is 0. The lowest BCUT2D eigenvalue weighted by Crippen LogP contribution is -2.24. The van der Waals surface area contributed by atoms with Crippen molar-refractivity contribution in [3.63, 3.8) is 0 Å². The van der Waals surface area contributed by atoms with E-state index in [0.717, 1.165) is 51.4 Å². The predicted molar refractivity (Wildman–Crippen MR) is 125 cm³/mol. The summed E-state index contributed by atoms with van der Waals surface area (Å²) >= 11 is 0. The van der Waals surface area contributed by atoms with E-state index in [1.807, 2.05) is 6.07 Å². The third-order valence-electron chi connectivity index (χ3n) is 5.84. The van der Waals surface area contributed by atoms with Gasteiger partial charge in [0.1, 0.15) is 0 Å². The van der Waals surface area contributed by atoms with Crippen molar-refractivity contribution in [3.8, 4) is 0 Å². The topological polar surface area (TPSA) is 43.1 Å². The number of benzene rings is 3. The molecule has 3 rings (SSSR count). The Morgan fingerprint density at radius 1 is 0.567 bits per heavy atom. The Balaban J connectivity index is 1.40. The second-order valence-electron chi connectivity index (χ2n) is 8.17. The molecule has 0 spiro atoms. The summed E-state index contributed by atoms with van der Waals surface area (Å²) in [4.78, 5) is 11.9. The molecule has 1 atom stereocenters. The normalized spacial score (nSPS) is 11.9. The second kappa shape index (κ2) is 12.0. The highest BCUT2D eigenvalue weighted by atomic mass is 16.1. The number of carbonyl (C=O) groups is 1. The summed E-state index contributed by atoms with van der Waals surface area (Å²) in [5.41, 5.74) is 11.1. The molecule has 3 aromatic rings. The zero-order valence-electron chi connectivity index (χ0n) is 17.8. The molecule has 0 saturated heterocycles. The highest BCUT2D eigenvalue weighted by Crippen LogP contribution is 2.18. The molecule has 0 radical (unpaired) electrons. The molecule has 0 fully saturated rings. The van der Waals surface area contributed by atoms with Crippen molar-refractivity contribution in [1.29, 1.82) is 0 Å². The standard InChI is InChI=1S/C28H33NO/c29-28(30)27(16-8-15-24-11-5-2-6-12-24)22-21-26-19-17-25(18-20-26)14-7-13-23-9-3-1-4-10-23/h1-6,9-12,17-20,27H,7-8,13-16,21-22H2,(H2,29,30). The van der Waals surface area contributed by atoms with Crippen LogP contribution in [0.25, 0.3) is 0 Å². The summed E-state index contributed by atoms with van der Waals surface area (Å²) in [5.74, 6) is -0.208. The Bertz CT molecular complexity index is 872. The zero-order valence-corrected chi connectivity index (χ0v) is 17.8. The Morgan fingerprint density at radius 2 is 1.00 bits per heavy atom. The van der Waals surface area contributed by atoms with E-state index in [-0.39, 0.29) is 11.8 Å². The quantitative estimate of drug-likeness (QED) is 0.404. The lowest BCUT2D eigenvalue weighted by molar-refractivity contribution is -0.122. The van der Waals surface area contributed by atoms with Gasteiger partial charge in [0.15, 0.2) is 0 Å². The van der Waals surface area contributed by atoms with Crippen molar-refractivity contribution >= 4 is 5.91 Å². The second-order valence-corrected chi connectivity index (χ2v) is 8.17. The average molecular weight is 400 g/mol. The largest absolute Gasteiger partial charge is 0.369 e. The van der Waals surface area contributed by atoms with Crippen LogP contribution in [0.3, 0.4) is 0 Å². The maximum atomic E-state index is 11.9. The minimum absolute atomic E-state index is 0.0424. The number of nitrogens with two attached hydrogens (primary N) is 1. The number of aryl methyl sites for hydroxylation is 4. The smallest absolute Gasteiger partial charge is 0.220 e. The van der Waals surface area contributed by atoms with Gasteiger partial charge in [-0.25, -0.2) is 0 Å². The third kappa shape index (κ3) is 7.51. The summed E-state index contributed by atoms with van der Waals surface area (Å²) in [5, 5.41) is 0. The molecule has 1 unspecified atom stereocenters. The van der Waals surface area contributed by atoms with Gasteiger partial charge in [0.2, 0.25) is 5.91 Å². The molecular weight excluding hydrogens is 366 g/mol. The number of amides is 1. The number of rotatable bonds is 12. The van der Waals surface area contributed by atoms with Crippen molar-refractivity contribution in [2.24, 2.45) is 11.7 Å². The monoisotopic (exact) mass is 399 g/mol. The maximum Gasteiger partial charge on any atom is 0.220 e. The first-order valence-corrected chi connectivity index (χ1v) is 11.2. The zero-order chi connectivity index (χ0) is 21.0. The molecule has 0 aliphatic heterocycles. The van der Waals surface area contributed by atoms with Crippen molar-refractivity contribution in [1.82, 2.24) is 0 Å². The predicted octanol–water partition coefficient (Wildman–Crippen LogP) is 5.92. The van der Waals surface area contributed by atoms with Gasteiger partial charge >= 0.3 is 0 Å². The molecule has 1 amide bonds.